The number of halogens is 3. The molecule has 0 aliphatic heterocycles. The van der Waals surface area contributed by atoms with Crippen LogP contribution in [0.4, 0.5) is 4.39 Å². The number of rotatable bonds is 4. The van der Waals surface area contributed by atoms with Crippen molar-refractivity contribution >= 4 is 27.5 Å². The summed E-state index contributed by atoms with van der Waals surface area (Å²) < 4.78 is 14.9. The molecular formula is C15H15BrClFN2. The highest BCUT2D eigenvalue weighted by Gasteiger charge is 2.16. The van der Waals surface area contributed by atoms with Crippen LogP contribution in [0.5, 0.6) is 0 Å². The van der Waals surface area contributed by atoms with Gasteiger partial charge in [-0.15, -0.1) is 0 Å². The summed E-state index contributed by atoms with van der Waals surface area (Å²) in [6.45, 7) is 2.00. The van der Waals surface area contributed by atoms with E-state index in [1.54, 1.807) is 12.1 Å². The molecule has 0 bridgehead atoms. The van der Waals surface area contributed by atoms with E-state index in [0.29, 0.717) is 12.0 Å². The SMILES string of the molecule is Cc1ccc(Br)cc1C(Cc1cccc(Cl)c1F)NN. The number of benzene rings is 2. The van der Waals surface area contributed by atoms with Crippen LogP contribution in [0.15, 0.2) is 40.9 Å². The predicted octanol–water partition coefficient (Wildman–Crippen LogP) is 4.30. The minimum atomic E-state index is -0.387. The van der Waals surface area contributed by atoms with Gasteiger partial charge in [0.15, 0.2) is 0 Å². The first kappa shape index (κ1) is 15.4. The monoisotopic (exact) mass is 356 g/mol. The highest BCUT2D eigenvalue weighted by atomic mass is 79.9. The molecule has 0 aromatic heterocycles. The maximum atomic E-state index is 14.0. The molecule has 0 heterocycles. The molecule has 0 radical (unpaired) electrons. The Morgan fingerprint density at radius 2 is 2.10 bits per heavy atom. The summed E-state index contributed by atoms with van der Waals surface area (Å²) in [5.41, 5.74) is 5.42. The summed E-state index contributed by atoms with van der Waals surface area (Å²) in [4.78, 5) is 0. The average Bonchev–Trinajstić information content (AvgIpc) is 2.43. The van der Waals surface area contributed by atoms with Crippen LogP contribution in [-0.2, 0) is 6.42 Å². The van der Waals surface area contributed by atoms with Gasteiger partial charge < -0.3 is 0 Å². The number of hydrazine groups is 1. The normalized spacial score (nSPS) is 12.4. The maximum Gasteiger partial charge on any atom is 0.145 e. The topological polar surface area (TPSA) is 38.0 Å². The zero-order valence-corrected chi connectivity index (χ0v) is 13.3. The van der Waals surface area contributed by atoms with Gasteiger partial charge in [-0.1, -0.05) is 45.7 Å². The second kappa shape index (κ2) is 6.68. The van der Waals surface area contributed by atoms with Crippen LogP contribution in [0.3, 0.4) is 0 Å². The second-order valence-electron chi connectivity index (χ2n) is 4.64. The average molecular weight is 358 g/mol. The fourth-order valence-corrected chi connectivity index (χ4v) is 2.74. The Bertz CT molecular complexity index is 619. The molecular weight excluding hydrogens is 343 g/mol. The minimum absolute atomic E-state index is 0.129. The molecule has 0 saturated heterocycles. The van der Waals surface area contributed by atoms with Gasteiger partial charge in [-0.05, 0) is 48.2 Å². The van der Waals surface area contributed by atoms with Crippen LogP contribution in [0.25, 0.3) is 0 Å². The Balaban J connectivity index is 2.34. The summed E-state index contributed by atoms with van der Waals surface area (Å²) in [7, 11) is 0. The van der Waals surface area contributed by atoms with E-state index < -0.39 is 0 Å². The van der Waals surface area contributed by atoms with Crippen molar-refractivity contribution < 1.29 is 4.39 Å². The molecule has 2 aromatic rings. The third-order valence-electron chi connectivity index (χ3n) is 3.27. The van der Waals surface area contributed by atoms with E-state index in [1.165, 1.54) is 6.07 Å². The number of hydrogen-bond acceptors (Lipinski definition) is 2. The van der Waals surface area contributed by atoms with E-state index in [4.69, 9.17) is 17.4 Å². The fraction of sp³-hybridized carbons (Fsp3) is 0.200. The van der Waals surface area contributed by atoms with Crippen molar-refractivity contribution in [3.63, 3.8) is 0 Å². The molecule has 5 heteroatoms. The molecule has 0 fully saturated rings. The third-order valence-corrected chi connectivity index (χ3v) is 4.06. The van der Waals surface area contributed by atoms with Crippen molar-refractivity contribution in [2.24, 2.45) is 5.84 Å². The van der Waals surface area contributed by atoms with E-state index >= 15 is 0 Å². The van der Waals surface area contributed by atoms with Gasteiger partial charge in [-0.2, -0.15) is 0 Å². The Morgan fingerprint density at radius 1 is 1.35 bits per heavy atom. The van der Waals surface area contributed by atoms with Gasteiger partial charge in [0.25, 0.3) is 0 Å². The van der Waals surface area contributed by atoms with Gasteiger partial charge in [0.05, 0.1) is 11.1 Å². The predicted molar refractivity (Wildman–Crippen MR) is 84.1 cm³/mol. The summed E-state index contributed by atoms with van der Waals surface area (Å²) in [6.07, 6.45) is 0.431. The molecule has 20 heavy (non-hydrogen) atoms. The zero-order chi connectivity index (χ0) is 14.7. The largest absolute Gasteiger partial charge is 0.271 e. The lowest BCUT2D eigenvalue weighted by Gasteiger charge is -2.19. The van der Waals surface area contributed by atoms with Gasteiger partial charge >= 0.3 is 0 Å². The number of nitrogens with two attached hydrogens (primary N) is 1. The van der Waals surface area contributed by atoms with E-state index in [1.807, 2.05) is 25.1 Å². The van der Waals surface area contributed by atoms with Crippen LogP contribution in [-0.4, -0.2) is 0 Å². The number of nitrogens with one attached hydrogen (secondary N) is 1. The number of aryl methyl sites for hydroxylation is 1. The lowest BCUT2D eigenvalue weighted by Crippen LogP contribution is -2.30. The van der Waals surface area contributed by atoms with E-state index in [-0.39, 0.29) is 16.9 Å². The third kappa shape index (κ3) is 3.38. The van der Waals surface area contributed by atoms with Crippen molar-refractivity contribution in [3.05, 3.63) is 68.4 Å². The van der Waals surface area contributed by atoms with Crippen LogP contribution < -0.4 is 11.3 Å². The first-order valence-electron chi connectivity index (χ1n) is 6.18. The molecule has 2 nitrogen and oxygen atoms in total. The highest BCUT2D eigenvalue weighted by Crippen LogP contribution is 2.27. The first-order chi connectivity index (χ1) is 9.52. The van der Waals surface area contributed by atoms with Crippen LogP contribution >= 0.6 is 27.5 Å². The van der Waals surface area contributed by atoms with Crippen LogP contribution in [0.1, 0.15) is 22.7 Å². The highest BCUT2D eigenvalue weighted by molar-refractivity contribution is 9.10. The van der Waals surface area contributed by atoms with Gasteiger partial charge in [0.1, 0.15) is 5.82 Å². The lowest BCUT2D eigenvalue weighted by atomic mass is 9.95. The standard InChI is InChI=1S/C15H15BrClFN2/c1-9-5-6-11(16)8-12(9)14(20-19)7-10-3-2-4-13(17)15(10)18/h2-6,8,14,20H,7,19H2,1H3. The molecule has 0 saturated carbocycles. The molecule has 2 aromatic carbocycles. The molecule has 106 valence electrons. The Labute approximate surface area is 131 Å². The molecule has 3 N–H and O–H groups in total. The molecule has 0 spiro atoms. The van der Waals surface area contributed by atoms with Crippen LogP contribution in [0, 0.1) is 12.7 Å². The molecule has 1 atom stereocenters. The molecule has 2 rings (SSSR count). The molecule has 1 unspecified atom stereocenters. The van der Waals surface area contributed by atoms with Crippen molar-refractivity contribution in [2.45, 2.75) is 19.4 Å². The molecule has 0 amide bonds. The van der Waals surface area contributed by atoms with Gasteiger partial charge in [0, 0.05) is 4.47 Å². The summed E-state index contributed by atoms with van der Waals surface area (Å²) >= 11 is 9.25. The molecule has 0 aliphatic rings. The van der Waals surface area contributed by atoms with Gasteiger partial charge in [0.2, 0.25) is 0 Å². The lowest BCUT2D eigenvalue weighted by molar-refractivity contribution is 0.527. The summed E-state index contributed by atoms with van der Waals surface area (Å²) in [6, 6.07) is 10.8. The fourth-order valence-electron chi connectivity index (χ4n) is 2.17. The van der Waals surface area contributed by atoms with E-state index in [9.17, 15) is 4.39 Å². The van der Waals surface area contributed by atoms with E-state index in [0.717, 1.165) is 15.6 Å². The second-order valence-corrected chi connectivity index (χ2v) is 5.96. The Hall–Kier alpha value is -0.940. The quantitative estimate of drug-likeness (QED) is 0.632. The van der Waals surface area contributed by atoms with Crippen molar-refractivity contribution in [1.29, 1.82) is 0 Å². The summed E-state index contributed by atoms with van der Waals surface area (Å²) in [5.74, 6) is 5.25. The minimum Gasteiger partial charge on any atom is -0.271 e. The number of hydrogen-bond donors (Lipinski definition) is 2. The summed E-state index contributed by atoms with van der Waals surface area (Å²) in [5, 5.41) is 0.129. The van der Waals surface area contributed by atoms with Crippen LogP contribution in [0.2, 0.25) is 5.02 Å². The van der Waals surface area contributed by atoms with Gasteiger partial charge in [-0.25, -0.2) is 4.39 Å². The van der Waals surface area contributed by atoms with E-state index in [2.05, 4.69) is 21.4 Å². The first-order valence-corrected chi connectivity index (χ1v) is 7.35. The smallest absolute Gasteiger partial charge is 0.145 e. The van der Waals surface area contributed by atoms with Crippen molar-refractivity contribution in [3.8, 4) is 0 Å². The van der Waals surface area contributed by atoms with Gasteiger partial charge in [-0.3, -0.25) is 11.3 Å². The Kier molecular flexibility index (Phi) is 5.16. The Morgan fingerprint density at radius 3 is 2.80 bits per heavy atom. The zero-order valence-electron chi connectivity index (χ0n) is 11.0. The maximum absolute atomic E-state index is 14.0. The van der Waals surface area contributed by atoms with Crippen molar-refractivity contribution in [1.82, 2.24) is 5.43 Å². The van der Waals surface area contributed by atoms with Crippen molar-refractivity contribution in [2.75, 3.05) is 0 Å². The molecule has 0 aliphatic carbocycles.